The molecule has 0 aliphatic heterocycles. The van der Waals surface area contributed by atoms with E-state index in [1.807, 2.05) is 19.0 Å². The number of nitro groups is 1. The molecule has 1 aromatic rings. The molecule has 0 saturated carbocycles. The van der Waals surface area contributed by atoms with Gasteiger partial charge in [0.15, 0.2) is 0 Å². The average Bonchev–Trinajstić information content (AvgIpc) is 2.36. The summed E-state index contributed by atoms with van der Waals surface area (Å²) >= 11 is 0. The molecule has 7 heteroatoms. The lowest BCUT2D eigenvalue weighted by molar-refractivity contribution is -0.385. The minimum atomic E-state index is -1.31. The summed E-state index contributed by atoms with van der Waals surface area (Å²) in [7, 11) is 3.91. The Bertz CT molecular complexity index is 529. The maximum Gasteiger partial charge on any atom is 0.342 e. The molecule has 116 valence electrons. The maximum atomic E-state index is 11.1. The van der Waals surface area contributed by atoms with Gasteiger partial charge in [0.05, 0.1) is 4.92 Å². The monoisotopic (exact) mass is 295 g/mol. The van der Waals surface area contributed by atoms with Crippen molar-refractivity contribution in [2.75, 3.05) is 26.0 Å². The fraction of sp³-hybridized carbons (Fsp3) is 0.500. The number of hydrogen-bond acceptors (Lipinski definition) is 5. The number of anilines is 1. The Balaban J connectivity index is 3.05. The highest BCUT2D eigenvalue weighted by Gasteiger charge is 2.21. The van der Waals surface area contributed by atoms with Crippen molar-refractivity contribution in [2.45, 2.75) is 19.9 Å². The number of benzene rings is 1. The summed E-state index contributed by atoms with van der Waals surface area (Å²) in [4.78, 5) is 23.3. The van der Waals surface area contributed by atoms with E-state index >= 15 is 0 Å². The molecule has 0 bridgehead atoms. The Kier molecular flexibility index (Phi) is 5.66. The summed E-state index contributed by atoms with van der Waals surface area (Å²) in [6.45, 7) is 4.90. The van der Waals surface area contributed by atoms with Crippen LogP contribution in [-0.2, 0) is 0 Å². The number of carboxylic acids is 1. The molecule has 21 heavy (non-hydrogen) atoms. The Morgan fingerprint density at radius 3 is 2.48 bits per heavy atom. The molecule has 0 fully saturated rings. The first kappa shape index (κ1) is 16.9. The van der Waals surface area contributed by atoms with Gasteiger partial charge in [-0.3, -0.25) is 10.1 Å². The first-order chi connectivity index (χ1) is 9.72. The second-order valence-electron chi connectivity index (χ2n) is 5.55. The molecule has 0 spiro atoms. The highest BCUT2D eigenvalue weighted by molar-refractivity contribution is 5.93. The number of carboxylic acid groups (broad SMARTS) is 1. The zero-order valence-electron chi connectivity index (χ0n) is 12.7. The Morgan fingerprint density at radius 2 is 2.05 bits per heavy atom. The predicted octanol–water partition coefficient (Wildman–Crippen LogP) is 2.29. The van der Waals surface area contributed by atoms with E-state index < -0.39 is 16.6 Å². The molecule has 2 N–H and O–H groups in total. The maximum absolute atomic E-state index is 11.1. The van der Waals surface area contributed by atoms with E-state index in [2.05, 4.69) is 19.2 Å². The topological polar surface area (TPSA) is 95.7 Å². The average molecular weight is 295 g/mol. The molecule has 7 nitrogen and oxygen atoms in total. The smallest absolute Gasteiger partial charge is 0.342 e. The second kappa shape index (κ2) is 7.03. The fourth-order valence-electron chi connectivity index (χ4n) is 1.99. The summed E-state index contributed by atoms with van der Waals surface area (Å²) in [5.41, 5.74) is -0.141. The number of likely N-dealkylation sites (N-methyl/N-ethyl adjacent to an activating group) is 1. The molecule has 1 atom stereocenters. The van der Waals surface area contributed by atoms with Crippen molar-refractivity contribution in [1.82, 2.24) is 4.90 Å². The third kappa shape index (κ3) is 4.71. The number of aromatic carboxylic acids is 1. The number of nitrogens with zero attached hydrogens (tertiary/aromatic N) is 2. The molecule has 0 heterocycles. The van der Waals surface area contributed by atoms with Crippen molar-refractivity contribution in [1.29, 1.82) is 0 Å². The minimum Gasteiger partial charge on any atom is -0.477 e. The molecule has 1 aromatic carbocycles. The molecule has 0 amide bonds. The largest absolute Gasteiger partial charge is 0.477 e. The molecular formula is C14H21N3O4. The van der Waals surface area contributed by atoms with Gasteiger partial charge >= 0.3 is 5.97 Å². The fourth-order valence-corrected chi connectivity index (χ4v) is 1.99. The van der Waals surface area contributed by atoms with Crippen LogP contribution in [0, 0.1) is 16.0 Å². The van der Waals surface area contributed by atoms with Gasteiger partial charge in [-0.1, -0.05) is 13.8 Å². The van der Waals surface area contributed by atoms with Gasteiger partial charge in [0.25, 0.3) is 5.69 Å². The third-order valence-corrected chi connectivity index (χ3v) is 3.14. The molecule has 0 aliphatic carbocycles. The highest BCUT2D eigenvalue weighted by Crippen LogP contribution is 2.24. The zero-order valence-corrected chi connectivity index (χ0v) is 12.7. The predicted molar refractivity (Wildman–Crippen MR) is 80.9 cm³/mol. The van der Waals surface area contributed by atoms with E-state index in [1.165, 1.54) is 18.2 Å². The summed E-state index contributed by atoms with van der Waals surface area (Å²) < 4.78 is 0. The number of hydrogen-bond donors (Lipinski definition) is 2. The van der Waals surface area contributed by atoms with Crippen LogP contribution in [0.4, 0.5) is 11.4 Å². The third-order valence-electron chi connectivity index (χ3n) is 3.14. The Labute approximate surface area is 123 Å². The summed E-state index contributed by atoms with van der Waals surface area (Å²) in [6, 6.07) is 4.18. The van der Waals surface area contributed by atoms with Crippen molar-refractivity contribution in [3.05, 3.63) is 33.9 Å². The molecule has 0 saturated heterocycles. The van der Waals surface area contributed by atoms with Gasteiger partial charge in [0.1, 0.15) is 5.56 Å². The first-order valence-electron chi connectivity index (χ1n) is 6.65. The Hall–Kier alpha value is -2.15. The van der Waals surface area contributed by atoms with Crippen LogP contribution in [0.25, 0.3) is 0 Å². The van der Waals surface area contributed by atoms with Gasteiger partial charge in [0, 0.05) is 24.3 Å². The van der Waals surface area contributed by atoms with Crippen LogP contribution in [0.15, 0.2) is 18.2 Å². The summed E-state index contributed by atoms with van der Waals surface area (Å²) in [5, 5.41) is 23.2. The highest BCUT2D eigenvalue weighted by atomic mass is 16.6. The van der Waals surface area contributed by atoms with E-state index in [1.54, 1.807) is 0 Å². The van der Waals surface area contributed by atoms with Gasteiger partial charge in [-0.05, 0) is 32.1 Å². The van der Waals surface area contributed by atoms with Crippen molar-refractivity contribution >= 4 is 17.3 Å². The lowest BCUT2D eigenvalue weighted by Gasteiger charge is -2.26. The second-order valence-corrected chi connectivity index (χ2v) is 5.55. The normalized spacial score (nSPS) is 12.5. The molecule has 0 aromatic heterocycles. The van der Waals surface area contributed by atoms with Gasteiger partial charge in [-0.2, -0.15) is 0 Å². The van der Waals surface area contributed by atoms with Crippen molar-refractivity contribution in [2.24, 2.45) is 5.92 Å². The summed E-state index contributed by atoms with van der Waals surface area (Å²) in [6.07, 6.45) is 0. The molecule has 1 unspecified atom stereocenters. The van der Waals surface area contributed by atoms with E-state index in [-0.39, 0.29) is 11.6 Å². The zero-order chi connectivity index (χ0) is 16.2. The van der Waals surface area contributed by atoms with E-state index in [4.69, 9.17) is 5.11 Å². The summed E-state index contributed by atoms with van der Waals surface area (Å²) in [5.74, 6) is -0.977. The minimum absolute atomic E-state index is 0.114. The quantitative estimate of drug-likeness (QED) is 0.592. The molecular weight excluding hydrogens is 274 g/mol. The standard InChI is InChI=1S/C14H21N3O4/c1-9(2)12(8-16(3)4)15-10-5-6-13(17(20)21)11(7-10)14(18)19/h5-7,9,12,15H,8H2,1-4H3,(H,18,19). The molecule has 1 rings (SSSR count). The lowest BCUT2D eigenvalue weighted by Crippen LogP contribution is -2.36. The number of nitrogens with one attached hydrogen (secondary N) is 1. The number of rotatable bonds is 7. The van der Waals surface area contributed by atoms with E-state index in [0.29, 0.717) is 11.6 Å². The van der Waals surface area contributed by atoms with Crippen LogP contribution >= 0.6 is 0 Å². The van der Waals surface area contributed by atoms with Crippen LogP contribution in [0.2, 0.25) is 0 Å². The van der Waals surface area contributed by atoms with Crippen LogP contribution in [0.5, 0.6) is 0 Å². The lowest BCUT2D eigenvalue weighted by atomic mass is 10.0. The molecule has 0 radical (unpaired) electrons. The van der Waals surface area contributed by atoms with Crippen LogP contribution in [0.1, 0.15) is 24.2 Å². The SMILES string of the molecule is CC(C)C(CN(C)C)Nc1ccc([N+](=O)[O-])c(C(=O)O)c1. The first-order valence-corrected chi connectivity index (χ1v) is 6.65. The number of carbonyl (C=O) groups is 1. The van der Waals surface area contributed by atoms with Crippen LogP contribution < -0.4 is 5.32 Å². The van der Waals surface area contributed by atoms with Crippen molar-refractivity contribution < 1.29 is 14.8 Å². The Morgan fingerprint density at radius 1 is 1.43 bits per heavy atom. The number of nitro benzene ring substituents is 1. The van der Waals surface area contributed by atoms with E-state index in [0.717, 1.165) is 6.54 Å². The van der Waals surface area contributed by atoms with Crippen LogP contribution in [0.3, 0.4) is 0 Å². The molecule has 0 aliphatic rings. The van der Waals surface area contributed by atoms with Gasteiger partial charge < -0.3 is 15.3 Å². The van der Waals surface area contributed by atoms with Gasteiger partial charge in [-0.25, -0.2) is 4.79 Å². The van der Waals surface area contributed by atoms with E-state index in [9.17, 15) is 14.9 Å². The van der Waals surface area contributed by atoms with Crippen molar-refractivity contribution in [3.63, 3.8) is 0 Å². The van der Waals surface area contributed by atoms with Crippen molar-refractivity contribution in [3.8, 4) is 0 Å². The van der Waals surface area contributed by atoms with Gasteiger partial charge in [0.2, 0.25) is 0 Å². The van der Waals surface area contributed by atoms with Gasteiger partial charge in [-0.15, -0.1) is 0 Å². The van der Waals surface area contributed by atoms with Crippen LogP contribution in [-0.4, -0.2) is 47.6 Å².